The molecule has 0 N–H and O–H groups in total. The summed E-state index contributed by atoms with van der Waals surface area (Å²) >= 11 is 0. The fraction of sp³-hybridized carbons (Fsp3) is 1.00. The second kappa shape index (κ2) is 16.4. The van der Waals surface area contributed by atoms with Crippen LogP contribution < -0.4 is 17.0 Å². The Morgan fingerprint density at radius 3 is 0.769 bits per heavy atom. The first-order chi connectivity index (χ1) is 11.7. The number of hydrogen-bond acceptors (Lipinski definition) is 0. The molecule has 0 aliphatic carbocycles. The molecule has 0 bridgehead atoms. The van der Waals surface area contributed by atoms with Crippen LogP contribution in [0.15, 0.2) is 0 Å². The minimum atomic E-state index is 0. The highest BCUT2D eigenvalue weighted by Gasteiger charge is 2.26. The summed E-state index contributed by atoms with van der Waals surface area (Å²) in [7, 11) is 0. The topological polar surface area (TPSA) is 0 Å². The van der Waals surface area contributed by atoms with E-state index in [2.05, 4.69) is 55.4 Å². The minimum Gasteiger partial charge on any atom is -1.00 e. The van der Waals surface area contributed by atoms with Crippen molar-refractivity contribution >= 4 is 0 Å². The van der Waals surface area contributed by atoms with Crippen molar-refractivity contribution in [3.05, 3.63) is 0 Å². The molecule has 0 aromatic carbocycles. The fourth-order valence-corrected chi connectivity index (χ4v) is 4.01. The first kappa shape index (κ1) is 28.6. The summed E-state index contributed by atoms with van der Waals surface area (Å²) in [5, 5.41) is 0. The van der Waals surface area contributed by atoms with Crippen LogP contribution in [0.2, 0.25) is 0 Å². The van der Waals surface area contributed by atoms with Crippen molar-refractivity contribution in [1.29, 1.82) is 0 Å². The van der Waals surface area contributed by atoms with Gasteiger partial charge in [0.1, 0.15) is 0 Å². The Morgan fingerprint density at radius 1 is 0.423 bits per heavy atom. The highest BCUT2D eigenvalue weighted by molar-refractivity contribution is 4.56. The number of hydrogen-bond donors (Lipinski definition) is 0. The average Bonchev–Trinajstić information content (AvgIpc) is 2.45. The lowest BCUT2D eigenvalue weighted by molar-refractivity contribution is -0.929. The Bertz CT molecular complexity index is 235. The van der Waals surface area contributed by atoms with E-state index >= 15 is 0 Å². The van der Waals surface area contributed by atoms with Gasteiger partial charge in [-0.05, 0) is 75.0 Å². The molecule has 0 amide bonds. The van der Waals surface area contributed by atoms with E-state index in [0.717, 1.165) is 23.7 Å². The molecule has 0 heterocycles. The third-order valence-corrected chi connectivity index (χ3v) is 5.66. The van der Waals surface area contributed by atoms with Gasteiger partial charge >= 0.3 is 0 Å². The Balaban J connectivity index is 0. The molecule has 0 aliphatic rings. The summed E-state index contributed by atoms with van der Waals surface area (Å²) in [6.45, 7) is 24.7. The van der Waals surface area contributed by atoms with E-state index in [-0.39, 0.29) is 17.0 Å². The Labute approximate surface area is 178 Å². The maximum atomic E-state index is 2.38. The maximum absolute atomic E-state index is 2.38. The summed E-state index contributed by atoms with van der Waals surface area (Å²) in [5.74, 6) is 3.40. The predicted octanol–water partition coefficient (Wildman–Crippen LogP) is 4.55. The molecule has 0 aliphatic heterocycles. The number of nitrogens with zero attached hydrogens (tertiary/aromatic N) is 1. The lowest BCUT2D eigenvalue weighted by atomic mass is 10.0. The predicted molar refractivity (Wildman–Crippen MR) is 116 cm³/mol. The van der Waals surface area contributed by atoms with Crippen molar-refractivity contribution < 1.29 is 21.5 Å². The second-order valence-corrected chi connectivity index (χ2v) is 10.4. The molecule has 0 rings (SSSR count). The van der Waals surface area contributed by atoms with Gasteiger partial charge in [0.25, 0.3) is 0 Å². The van der Waals surface area contributed by atoms with Crippen molar-refractivity contribution in [2.24, 2.45) is 23.7 Å². The molecule has 0 spiro atoms. The van der Waals surface area contributed by atoms with E-state index in [9.17, 15) is 0 Å². The highest BCUT2D eigenvalue weighted by Crippen LogP contribution is 2.21. The van der Waals surface area contributed by atoms with Crippen molar-refractivity contribution in [2.45, 2.75) is 107 Å². The number of halogens is 1. The van der Waals surface area contributed by atoms with Crippen LogP contribution in [-0.4, -0.2) is 30.7 Å². The number of rotatable bonds is 16. The first-order valence-electron chi connectivity index (χ1n) is 11.5. The Hall–Kier alpha value is 0.440. The van der Waals surface area contributed by atoms with Gasteiger partial charge in [0.05, 0.1) is 26.2 Å². The van der Waals surface area contributed by atoms with Crippen LogP contribution >= 0.6 is 0 Å². The number of quaternary nitrogens is 1. The van der Waals surface area contributed by atoms with Crippen molar-refractivity contribution in [3.63, 3.8) is 0 Å². The summed E-state index contributed by atoms with van der Waals surface area (Å²) < 4.78 is 1.42. The smallest absolute Gasteiger partial charge is 0.0786 e. The largest absolute Gasteiger partial charge is 1.00 e. The highest BCUT2D eigenvalue weighted by atomic mass is 79.9. The van der Waals surface area contributed by atoms with Gasteiger partial charge in [-0.3, -0.25) is 0 Å². The van der Waals surface area contributed by atoms with E-state index in [1.165, 1.54) is 82.0 Å². The second-order valence-electron chi connectivity index (χ2n) is 10.4. The SMILES string of the molecule is CC(C)CCC[N+](CCCC(C)C)(CCCC(C)C)CCCC(C)C.[Br-]. The van der Waals surface area contributed by atoms with Crippen LogP contribution in [0.1, 0.15) is 107 Å². The van der Waals surface area contributed by atoms with Crippen molar-refractivity contribution in [3.8, 4) is 0 Å². The molecule has 0 radical (unpaired) electrons. The molecule has 0 saturated carbocycles. The fourth-order valence-electron chi connectivity index (χ4n) is 4.01. The van der Waals surface area contributed by atoms with E-state index in [0.29, 0.717) is 0 Å². The van der Waals surface area contributed by atoms with Crippen LogP contribution in [0, 0.1) is 23.7 Å². The zero-order valence-electron chi connectivity index (χ0n) is 19.6. The Kier molecular flexibility index (Phi) is 18.1. The molecule has 0 unspecified atom stereocenters. The van der Waals surface area contributed by atoms with Gasteiger partial charge in [-0.15, -0.1) is 0 Å². The molecule has 0 atom stereocenters. The van der Waals surface area contributed by atoms with Crippen LogP contribution in [0.3, 0.4) is 0 Å². The quantitative estimate of drug-likeness (QED) is 0.313. The van der Waals surface area contributed by atoms with Gasteiger partial charge in [-0.25, -0.2) is 0 Å². The van der Waals surface area contributed by atoms with E-state index in [4.69, 9.17) is 0 Å². The summed E-state index contributed by atoms with van der Waals surface area (Å²) in [6, 6.07) is 0. The first-order valence-corrected chi connectivity index (χ1v) is 11.5. The minimum absolute atomic E-state index is 0. The van der Waals surface area contributed by atoms with Gasteiger partial charge in [0.15, 0.2) is 0 Å². The van der Waals surface area contributed by atoms with Crippen LogP contribution in [-0.2, 0) is 0 Å². The van der Waals surface area contributed by atoms with E-state index in [1.54, 1.807) is 0 Å². The third-order valence-electron chi connectivity index (χ3n) is 5.66. The summed E-state index contributed by atoms with van der Waals surface area (Å²) in [5.41, 5.74) is 0. The lowest BCUT2D eigenvalue weighted by Crippen LogP contribution is -3.00. The zero-order valence-corrected chi connectivity index (χ0v) is 21.2. The molecular weight excluding hydrogens is 382 g/mol. The molecule has 26 heavy (non-hydrogen) atoms. The maximum Gasteiger partial charge on any atom is 0.0786 e. The Morgan fingerprint density at radius 2 is 0.615 bits per heavy atom. The molecule has 0 saturated heterocycles. The van der Waals surface area contributed by atoms with Crippen LogP contribution in [0.4, 0.5) is 0 Å². The molecule has 2 heteroatoms. The molecular formula is C24H52BrN. The lowest BCUT2D eigenvalue weighted by Gasteiger charge is -2.40. The van der Waals surface area contributed by atoms with E-state index < -0.39 is 0 Å². The zero-order chi connectivity index (χ0) is 19.3. The van der Waals surface area contributed by atoms with Gasteiger partial charge in [-0.1, -0.05) is 55.4 Å². The van der Waals surface area contributed by atoms with Gasteiger partial charge in [0.2, 0.25) is 0 Å². The average molecular weight is 435 g/mol. The monoisotopic (exact) mass is 433 g/mol. The van der Waals surface area contributed by atoms with Gasteiger partial charge in [-0.2, -0.15) is 0 Å². The van der Waals surface area contributed by atoms with Crippen molar-refractivity contribution in [2.75, 3.05) is 26.2 Å². The van der Waals surface area contributed by atoms with Crippen LogP contribution in [0.25, 0.3) is 0 Å². The molecule has 0 aromatic heterocycles. The molecule has 160 valence electrons. The van der Waals surface area contributed by atoms with E-state index in [1.807, 2.05) is 0 Å². The standard InChI is InChI=1S/C24H52N.BrH/c1-21(2)13-9-17-25(18-10-14-22(3)4,19-11-15-23(5)6)20-12-16-24(7)8;/h21-24H,9-20H2,1-8H3;1H/q+1;/p-1. The summed E-state index contributed by atoms with van der Waals surface area (Å²) in [6.07, 6.45) is 11.3. The van der Waals surface area contributed by atoms with Gasteiger partial charge in [0, 0.05) is 0 Å². The molecule has 1 nitrogen and oxygen atoms in total. The van der Waals surface area contributed by atoms with Crippen LogP contribution in [0.5, 0.6) is 0 Å². The van der Waals surface area contributed by atoms with Crippen molar-refractivity contribution in [1.82, 2.24) is 0 Å². The molecule has 0 aromatic rings. The van der Waals surface area contributed by atoms with Gasteiger partial charge < -0.3 is 21.5 Å². The summed E-state index contributed by atoms with van der Waals surface area (Å²) in [4.78, 5) is 0. The molecule has 0 fully saturated rings. The third kappa shape index (κ3) is 16.6. The normalized spacial score (nSPS) is 12.5.